The molecule has 1 spiro atoms. The number of hydrogen-bond donors (Lipinski definition) is 2. The van der Waals surface area contributed by atoms with Crippen LogP contribution in [0.3, 0.4) is 0 Å². The Morgan fingerprint density at radius 2 is 1.97 bits per heavy atom. The van der Waals surface area contributed by atoms with Crippen LogP contribution in [0.15, 0.2) is 11.4 Å². The van der Waals surface area contributed by atoms with Crippen LogP contribution in [0, 0.1) is 0 Å². The lowest BCUT2D eigenvalue weighted by Crippen LogP contribution is -2.73. The minimum Gasteiger partial charge on any atom is -0.492 e. The van der Waals surface area contributed by atoms with Gasteiger partial charge in [-0.2, -0.15) is 13.2 Å². The smallest absolute Gasteiger partial charge is 0.490 e. The number of nitrogens with one attached hydrogen (secondary N) is 1. The third-order valence-corrected chi connectivity index (χ3v) is 5.66. The van der Waals surface area contributed by atoms with Gasteiger partial charge in [0.15, 0.2) is 0 Å². The maximum absolute atomic E-state index is 12.6. The number of hydrogen-bond acceptors (Lipinski definition) is 7. The van der Waals surface area contributed by atoms with Crippen LogP contribution in [0.1, 0.15) is 16.6 Å². The molecular weight excluding hydrogens is 443 g/mol. The highest BCUT2D eigenvalue weighted by atomic mass is 32.1. The lowest BCUT2D eigenvalue weighted by atomic mass is 9.90. The Bertz CT molecular complexity index is 810. The van der Waals surface area contributed by atoms with Gasteiger partial charge in [-0.3, -0.25) is 14.5 Å². The Labute approximate surface area is 180 Å². The van der Waals surface area contributed by atoms with Crippen LogP contribution in [0.25, 0.3) is 0 Å². The molecule has 1 atom stereocenters. The molecule has 0 radical (unpaired) electrons. The molecule has 1 aromatic rings. The first-order chi connectivity index (χ1) is 14.4. The Balaban J connectivity index is 0.000000423. The number of morpholine rings is 1. The van der Waals surface area contributed by atoms with E-state index in [2.05, 4.69) is 5.32 Å². The van der Waals surface area contributed by atoms with Crippen LogP contribution in [0.5, 0.6) is 5.75 Å². The van der Waals surface area contributed by atoms with Crippen molar-refractivity contribution < 1.29 is 42.1 Å². The molecule has 1 aromatic heterocycles. The Kier molecular flexibility index (Phi) is 7.89. The molecule has 2 amide bonds. The zero-order valence-corrected chi connectivity index (χ0v) is 18.0. The monoisotopic (exact) mass is 467 g/mol. The fraction of sp³-hybridized carbons (Fsp3) is 0.611. The lowest BCUT2D eigenvalue weighted by Gasteiger charge is -2.54. The van der Waals surface area contributed by atoms with Crippen LogP contribution >= 0.6 is 11.3 Å². The standard InChI is InChI=1S/C16H23N3O4S.C2HF3O2/c1-4-22-12-5-6-24-13(12)15(21)19-9-16(10-19)8-18(3)11(7-23-16)14(20)17-2;3-2(4,5)1(6)7/h5-6,11H,4,7-10H2,1-3H3,(H,17,20);(H,6,7). The van der Waals surface area contributed by atoms with Crippen molar-refractivity contribution in [3.63, 3.8) is 0 Å². The van der Waals surface area contributed by atoms with E-state index in [9.17, 15) is 22.8 Å². The summed E-state index contributed by atoms with van der Waals surface area (Å²) in [6.07, 6.45) is -5.08. The minimum absolute atomic E-state index is 0.0150. The molecule has 2 fully saturated rings. The van der Waals surface area contributed by atoms with Crippen molar-refractivity contribution in [2.24, 2.45) is 0 Å². The number of likely N-dealkylation sites (tertiary alicyclic amines) is 1. The second-order valence-electron chi connectivity index (χ2n) is 7.05. The van der Waals surface area contributed by atoms with Gasteiger partial charge in [0.05, 0.1) is 26.3 Å². The number of carbonyl (C=O) groups excluding carboxylic acids is 2. The van der Waals surface area contributed by atoms with E-state index < -0.39 is 12.1 Å². The summed E-state index contributed by atoms with van der Waals surface area (Å²) in [5.41, 5.74) is -0.363. The summed E-state index contributed by atoms with van der Waals surface area (Å²) < 4.78 is 43.2. The normalized spacial score (nSPS) is 20.3. The van der Waals surface area contributed by atoms with Gasteiger partial charge in [-0.1, -0.05) is 0 Å². The van der Waals surface area contributed by atoms with Crippen molar-refractivity contribution in [3.05, 3.63) is 16.3 Å². The highest BCUT2D eigenvalue weighted by Gasteiger charge is 2.51. The van der Waals surface area contributed by atoms with Crippen LogP contribution in [-0.4, -0.2) is 97.5 Å². The van der Waals surface area contributed by atoms with Gasteiger partial charge in [0.25, 0.3) is 5.91 Å². The van der Waals surface area contributed by atoms with Crippen molar-refractivity contribution in [1.29, 1.82) is 0 Å². The molecule has 1 unspecified atom stereocenters. The van der Waals surface area contributed by atoms with E-state index in [0.29, 0.717) is 43.5 Å². The van der Waals surface area contributed by atoms with E-state index in [1.165, 1.54) is 11.3 Å². The summed E-state index contributed by atoms with van der Waals surface area (Å²) in [6, 6.07) is 1.56. The third-order valence-electron chi connectivity index (χ3n) is 4.78. The van der Waals surface area contributed by atoms with E-state index in [4.69, 9.17) is 19.4 Å². The predicted octanol–water partition coefficient (Wildman–Crippen LogP) is 1.05. The molecule has 2 saturated heterocycles. The molecule has 0 saturated carbocycles. The molecule has 2 aliphatic rings. The topological polar surface area (TPSA) is 108 Å². The molecule has 31 heavy (non-hydrogen) atoms. The van der Waals surface area contributed by atoms with Crippen LogP contribution in [-0.2, 0) is 14.3 Å². The fourth-order valence-corrected chi connectivity index (χ4v) is 4.09. The maximum atomic E-state index is 12.6. The van der Waals surface area contributed by atoms with Crippen molar-refractivity contribution in [2.75, 3.05) is 46.9 Å². The summed E-state index contributed by atoms with van der Waals surface area (Å²) in [5.74, 6) is -2.17. The number of rotatable bonds is 4. The highest BCUT2D eigenvalue weighted by molar-refractivity contribution is 7.12. The number of carbonyl (C=O) groups is 3. The number of ether oxygens (including phenoxy) is 2. The molecule has 2 aliphatic heterocycles. The zero-order valence-electron chi connectivity index (χ0n) is 17.2. The van der Waals surface area contributed by atoms with Crippen LogP contribution in [0.4, 0.5) is 13.2 Å². The summed E-state index contributed by atoms with van der Waals surface area (Å²) >= 11 is 1.40. The van der Waals surface area contributed by atoms with Gasteiger partial charge in [0.1, 0.15) is 22.3 Å². The largest absolute Gasteiger partial charge is 0.492 e. The second kappa shape index (κ2) is 9.83. The Hall–Kier alpha value is -2.38. The molecule has 13 heteroatoms. The van der Waals surface area contributed by atoms with E-state index >= 15 is 0 Å². The van der Waals surface area contributed by atoms with Crippen molar-refractivity contribution in [2.45, 2.75) is 24.7 Å². The molecule has 3 rings (SSSR count). The number of halogens is 3. The summed E-state index contributed by atoms with van der Waals surface area (Å²) in [6.45, 7) is 4.51. The van der Waals surface area contributed by atoms with E-state index in [-0.39, 0.29) is 23.5 Å². The first-order valence-electron chi connectivity index (χ1n) is 9.29. The Morgan fingerprint density at radius 1 is 1.35 bits per heavy atom. The van der Waals surface area contributed by atoms with Crippen LogP contribution in [0.2, 0.25) is 0 Å². The van der Waals surface area contributed by atoms with Gasteiger partial charge in [-0.05, 0) is 25.4 Å². The predicted molar refractivity (Wildman–Crippen MR) is 104 cm³/mol. The van der Waals surface area contributed by atoms with Gasteiger partial charge in [0.2, 0.25) is 5.91 Å². The first-order valence-corrected chi connectivity index (χ1v) is 10.2. The van der Waals surface area contributed by atoms with E-state index in [1.807, 2.05) is 30.3 Å². The number of alkyl halides is 3. The molecule has 2 N–H and O–H groups in total. The number of nitrogens with zero attached hydrogens (tertiary/aromatic N) is 2. The average Bonchev–Trinajstić information content (AvgIpc) is 3.13. The quantitative estimate of drug-likeness (QED) is 0.682. The average molecular weight is 467 g/mol. The molecule has 0 aliphatic carbocycles. The summed E-state index contributed by atoms with van der Waals surface area (Å²) in [5, 5.41) is 11.6. The van der Waals surface area contributed by atoms with Crippen LogP contribution < -0.4 is 10.1 Å². The van der Waals surface area contributed by atoms with Gasteiger partial charge in [-0.15, -0.1) is 11.3 Å². The number of likely N-dealkylation sites (N-methyl/N-ethyl adjacent to an activating group) is 2. The first kappa shape index (κ1) is 24.9. The number of thiophene rings is 1. The van der Waals surface area contributed by atoms with E-state index in [0.717, 1.165) is 0 Å². The molecule has 174 valence electrons. The fourth-order valence-electron chi connectivity index (χ4n) is 3.29. The zero-order chi connectivity index (χ0) is 23.4. The van der Waals surface area contributed by atoms with E-state index in [1.54, 1.807) is 11.9 Å². The molecular formula is C18H24F3N3O6S. The van der Waals surface area contributed by atoms with Crippen molar-refractivity contribution in [3.8, 4) is 5.75 Å². The van der Waals surface area contributed by atoms with Gasteiger partial charge >= 0.3 is 12.1 Å². The molecule has 0 aromatic carbocycles. The summed E-state index contributed by atoms with van der Waals surface area (Å²) in [7, 11) is 3.54. The number of carboxylic acids is 1. The Morgan fingerprint density at radius 3 is 2.45 bits per heavy atom. The maximum Gasteiger partial charge on any atom is 0.490 e. The third kappa shape index (κ3) is 5.86. The summed E-state index contributed by atoms with van der Waals surface area (Å²) in [4.78, 5) is 37.8. The van der Waals surface area contributed by atoms with Crippen molar-refractivity contribution in [1.82, 2.24) is 15.1 Å². The second-order valence-corrected chi connectivity index (χ2v) is 7.97. The van der Waals surface area contributed by atoms with Gasteiger partial charge < -0.3 is 24.8 Å². The van der Waals surface area contributed by atoms with Gasteiger partial charge in [-0.25, -0.2) is 4.79 Å². The molecule has 0 bridgehead atoms. The van der Waals surface area contributed by atoms with Crippen molar-refractivity contribution >= 4 is 29.1 Å². The van der Waals surface area contributed by atoms with Gasteiger partial charge in [0, 0.05) is 13.6 Å². The number of carboxylic acid groups (broad SMARTS) is 1. The SMILES string of the molecule is CCOc1ccsc1C(=O)N1CC2(C1)CN(C)C(C(=O)NC)CO2.O=C(O)C(F)(F)F. The highest BCUT2D eigenvalue weighted by Crippen LogP contribution is 2.34. The number of amides is 2. The molecule has 9 nitrogen and oxygen atoms in total. The molecule has 3 heterocycles. The minimum atomic E-state index is -5.08. The lowest BCUT2D eigenvalue weighted by molar-refractivity contribution is -0.192. The number of aliphatic carboxylic acids is 1.